The molecule has 1 amide bonds. The predicted octanol–water partition coefficient (Wildman–Crippen LogP) is 1.82. The van der Waals surface area contributed by atoms with Crippen molar-refractivity contribution in [2.24, 2.45) is 0 Å². The number of hydrogen-bond donors (Lipinski definition) is 2. The Morgan fingerprint density at radius 3 is 2.64 bits per heavy atom. The van der Waals surface area contributed by atoms with Crippen LogP contribution in [0.3, 0.4) is 0 Å². The van der Waals surface area contributed by atoms with E-state index in [2.05, 4.69) is 25.1 Å². The molecule has 1 saturated heterocycles. The molecular formula is C24H29N7O2. The van der Waals surface area contributed by atoms with E-state index in [9.17, 15) is 9.59 Å². The smallest absolute Gasteiger partial charge is 0.270 e. The third-order valence-corrected chi connectivity index (χ3v) is 6.87. The normalized spacial score (nSPS) is 19.2. The zero-order valence-corrected chi connectivity index (χ0v) is 18.9. The van der Waals surface area contributed by atoms with Crippen molar-refractivity contribution in [1.82, 2.24) is 29.8 Å². The van der Waals surface area contributed by atoms with E-state index in [0.29, 0.717) is 17.7 Å². The summed E-state index contributed by atoms with van der Waals surface area (Å²) in [7, 11) is 0. The lowest BCUT2D eigenvalue weighted by molar-refractivity contribution is 0.0946. The van der Waals surface area contributed by atoms with Crippen molar-refractivity contribution >= 4 is 17.2 Å². The quantitative estimate of drug-likeness (QED) is 0.598. The van der Waals surface area contributed by atoms with Crippen LogP contribution in [-0.2, 0) is 6.54 Å². The Morgan fingerprint density at radius 1 is 1.15 bits per heavy atom. The Labute approximate surface area is 191 Å². The van der Waals surface area contributed by atoms with Crippen LogP contribution in [0.25, 0.3) is 5.65 Å². The van der Waals surface area contributed by atoms with Gasteiger partial charge in [-0.25, -0.2) is 9.50 Å². The van der Waals surface area contributed by atoms with E-state index in [0.717, 1.165) is 86.7 Å². The van der Waals surface area contributed by atoms with Gasteiger partial charge in [-0.1, -0.05) is 0 Å². The number of fused-ring (bicyclic) bond motifs is 1. The van der Waals surface area contributed by atoms with E-state index >= 15 is 0 Å². The Morgan fingerprint density at radius 2 is 1.94 bits per heavy atom. The van der Waals surface area contributed by atoms with Crippen molar-refractivity contribution in [2.75, 3.05) is 31.1 Å². The van der Waals surface area contributed by atoms with Crippen LogP contribution in [0.5, 0.6) is 0 Å². The van der Waals surface area contributed by atoms with Crippen molar-refractivity contribution in [1.29, 1.82) is 0 Å². The maximum Gasteiger partial charge on any atom is 0.270 e. The van der Waals surface area contributed by atoms with E-state index in [1.165, 1.54) is 0 Å². The lowest BCUT2D eigenvalue weighted by Gasteiger charge is -2.36. The number of anilines is 1. The van der Waals surface area contributed by atoms with Gasteiger partial charge in [0.2, 0.25) is 0 Å². The molecule has 3 aliphatic rings. The molecule has 9 nitrogen and oxygen atoms in total. The van der Waals surface area contributed by atoms with Crippen molar-refractivity contribution in [3.8, 4) is 0 Å². The molecule has 2 aliphatic carbocycles. The summed E-state index contributed by atoms with van der Waals surface area (Å²) in [5.74, 6) is 0.327. The lowest BCUT2D eigenvalue weighted by atomic mass is 10.2. The van der Waals surface area contributed by atoms with Crippen LogP contribution in [0.1, 0.15) is 59.0 Å². The Kier molecular flexibility index (Phi) is 4.94. The van der Waals surface area contributed by atoms with Gasteiger partial charge in [-0.3, -0.25) is 14.5 Å². The van der Waals surface area contributed by atoms with Gasteiger partial charge in [0.25, 0.3) is 11.5 Å². The number of nitrogens with one attached hydrogen (secondary N) is 2. The van der Waals surface area contributed by atoms with Gasteiger partial charge in [-0.05, 0) is 50.7 Å². The SMILES string of the molecule is Cc1nc(C(=O)NC2CC2)ccc1N1CCN(Cc2cc3[nH]c(=O)c(C4CC4)cn3n2)CC1. The van der Waals surface area contributed by atoms with Crippen molar-refractivity contribution in [2.45, 2.75) is 51.1 Å². The second-order valence-corrected chi connectivity index (χ2v) is 9.59. The van der Waals surface area contributed by atoms with E-state index in [4.69, 9.17) is 5.10 Å². The standard InChI is InChI=1S/C24H29N7O2/c1-15-21(7-6-20(25-15)24(33)26-17-4-5-17)30-10-8-29(9-11-30)13-18-12-22-27-23(32)19(16-2-3-16)14-31(22)28-18/h6-7,12,14,16-17H,2-5,8-11,13H2,1H3,(H,26,33)(H,27,32). The Balaban J connectivity index is 1.09. The third kappa shape index (κ3) is 4.25. The van der Waals surface area contributed by atoms with E-state index in [1.807, 2.05) is 35.8 Å². The zero-order chi connectivity index (χ0) is 22.5. The molecule has 3 fully saturated rings. The second-order valence-electron chi connectivity index (χ2n) is 9.59. The molecule has 0 radical (unpaired) electrons. The Bertz CT molecular complexity index is 1260. The number of H-pyrrole nitrogens is 1. The van der Waals surface area contributed by atoms with Crippen LogP contribution in [0.15, 0.2) is 29.2 Å². The van der Waals surface area contributed by atoms with Gasteiger partial charge in [-0.2, -0.15) is 5.10 Å². The first-order valence-corrected chi connectivity index (χ1v) is 11.9. The van der Waals surface area contributed by atoms with E-state index in [1.54, 1.807) is 0 Å². The summed E-state index contributed by atoms with van der Waals surface area (Å²) in [6, 6.07) is 6.17. The molecule has 1 aliphatic heterocycles. The molecule has 9 heteroatoms. The number of amides is 1. The van der Waals surface area contributed by atoms with Gasteiger partial charge < -0.3 is 15.2 Å². The Hall–Kier alpha value is -3.20. The molecular weight excluding hydrogens is 418 g/mol. The van der Waals surface area contributed by atoms with Crippen LogP contribution < -0.4 is 15.8 Å². The highest BCUT2D eigenvalue weighted by atomic mass is 16.2. The number of aromatic nitrogens is 4. The summed E-state index contributed by atoms with van der Waals surface area (Å²) in [5.41, 5.74) is 5.08. The second kappa shape index (κ2) is 7.98. The van der Waals surface area contributed by atoms with Gasteiger partial charge in [0.1, 0.15) is 11.3 Å². The van der Waals surface area contributed by atoms with Gasteiger partial charge in [0, 0.05) is 56.6 Å². The average molecular weight is 448 g/mol. The van der Waals surface area contributed by atoms with Gasteiger partial charge in [-0.15, -0.1) is 0 Å². The van der Waals surface area contributed by atoms with Gasteiger partial charge in [0.15, 0.2) is 0 Å². The number of hydrogen-bond acceptors (Lipinski definition) is 6. The highest BCUT2D eigenvalue weighted by Gasteiger charge is 2.27. The number of pyridine rings is 1. The average Bonchev–Trinajstić information content (AvgIpc) is 3.73. The minimum Gasteiger partial charge on any atom is -0.368 e. The van der Waals surface area contributed by atoms with Crippen molar-refractivity contribution < 1.29 is 4.79 Å². The summed E-state index contributed by atoms with van der Waals surface area (Å²) in [5, 5.41) is 7.71. The molecule has 0 spiro atoms. The highest BCUT2D eigenvalue weighted by molar-refractivity contribution is 5.93. The molecule has 0 atom stereocenters. The first kappa shape index (κ1) is 20.4. The number of aryl methyl sites for hydroxylation is 1. The molecule has 33 heavy (non-hydrogen) atoms. The fraction of sp³-hybridized carbons (Fsp3) is 0.500. The summed E-state index contributed by atoms with van der Waals surface area (Å²) in [6.07, 6.45) is 6.23. The highest BCUT2D eigenvalue weighted by Crippen LogP contribution is 2.38. The summed E-state index contributed by atoms with van der Waals surface area (Å²) in [4.78, 5) is 36.8. The number of carbonyl (C=O) groups excluding carboxylic acids is 1. The number of aromatic amines is 1. The van der Waals surface area contributed by atoms with E-state index in [-0.39, 0.29) is 11.5 Å². The molecule has 3 aromatic heterocycles. The van der Waals surface area contributed by atoms with Crippen molar-refractivity contribution in [3.05, 3.63) is 57.4 Å². The third-order valence-electron chi connectivity index (χ3n) is 6.87. The minimum atomic E-state index is -0.0741. The summed E-state index contributed by atoms with van der Waals surface area (Å²) in [6.45, 7) is 6.36. The molecule has 6 rings (SSSR count). The zero-order valence-electron chi connectivity index (χ0n) is 18.9. The number of rotatable bonds is 6. The molecule has 0 unspecified atom stereocenters. The maximum absolute atomic E-state index is 12.3. The minimum absolute atomic E-state index is 0.0186. The topological polar surface area (TPSA) is 98.6 Å². The molecule has 0 aromatic carbocycles. The van der Waals surface area contributed by atoms with Crippen molar-refractivity contribution in [3.63, 3.8) is 0 Å². The summed E-state index contributed by atoms with van der Waals surface area (Å²) >= 11 is 0. The summed E-state index contributed by atoms with van der Waals surface area (Å²) < 4.78 is 1.82. The van der Waals surface area contributed by atoms with E-state index < -0.39 is 0 Å². The van der Waals surface area contributed by atoms with Crippen LogP contribution in [0.2, 0.25) is 0 Å². The first-order chi connectivity index (χ1) is 16.0. The molecule has 4 heterocycles. The molecule has 2 N–H and O–H groups in total. The fourth-order valence-electron chi connectivity index (χ4n) is 4.66. The van der Waals surface area contributed by atoms with Crippen LogP contribution in [0, 0.1) is 6.92 Å². The molecule has 0 bridgehead atoms. The monoisotopic (exact) mass is 447 g/mol. The van der Waals surface area contributed by atoms with Gasteiger partial charge in [0.05, 0.1) is 17.1 Å². The predicted molar refractivity (Wildman–Crippen MR) is 125 cm³/mol. The molecule has 3 aromatic rings. The van der Waals surface area contributed by atoms with Crippen LogP contribution >= 0.6 is 0 Å². The largest absolute Gasteiger partial charge is 0.368 e. The maximum atomic E-state index is 12.3. The van der Waals surface area contributed by atoms with Crippen LogP contribution in [0.4, 0.5) is 5.69 Å². The molecule has 2 saturated carbocycles. The number of nitrogens with zero attached hydrogens (tertiary/aromatic N) is 5. The number of piperazine rings is 1. The van der Waals surface area contributed by atoms with Gasteiger partial charge >= 0.3 is 0 Å². The van der Waals surface area contributed by atoms with Crippen LogP contribution in [-0.4, -0.2) is 62.6 Å². The lowest BCUT2D eigenvalue weighted by Crippen LogP contribution is -2.46. The number of carbonyl (C=O) groups is 1. The molecule has 172 valence electrons. The fourth-order valence-corrected chi connectivity index (χ4v) is 4.66. The first-order valence-electron chi connectivity index (χ1n) is 11.9.